The van der Waals surface area contributed by atoms with Crippen LogP contribution in [0.4, 0.5) is 0 Å². The van der Waals surface area contributed by atoms with Gasteiger partial charge in [0.1, 0.15) is 6.29 Å². The van der Waals surface area contributed by atoms with Crippen LogP contribution in [0.2, 0.25) is 0 Å². The van der Waals surface area contributed by atoms with Gasteiger partial charge in [-0.05, 0) is 19.3 Å². The van der Waals surface area contributed by atoms with Crippen molar-refractivity contribution in [2.45, 2.75) is 30.7 Å². The number of carbonyl (C=O) groups excluding carboxylic acids is 1. The maximum atomic E-state index is 10.5. The van der Waals surface area contributed by atoms with Crippen molar-refractivity contribution < 1.29 is 9.53 Å². The van der Waals surface area contributed by atoms with Crippen LogP contribution >= 0.6 is 11.6 Å². The van der Waals surface area contributed by atoms with Crippen molar-refractivity contribution in [1.82, 2.24) is 0 Å². The minimum atomic E-state index is 0.108. The van der Waals surface area contributed by atoms with Crippen molar-refractivity contribution in [3.05, 3.63) is 0 Å². The molecule has 3 heteroatoms. The summed E-state index contributed by atoms with van der Waals surface area (Å²) in [6, 6.07) is 0. The third kappa shape index (κ3) is 2.46. The first kappa shape index (κ1) is 9.01. The minimum Gasteiger partial charge on any atom is -0.381 e. The minimum absolute atomic E-state index is 0.108. The molecule has 0 N–H and O–H groups in total. The van der Waals surface area contributed by atoms with Gasteiger partial charge in [0.05, 0.1) is 6.10 Å². The monoisotopic (exact) mass is 176 g/mol. The Labute approximate surface area is 71.9 Å². The van der Waals surface area contributed by atoms with Gasteiger partial charge in [-0.2, -0.15) is 0 Å². The molecule has 1 saturated carbocycles. The van der Waals surface area contributed by atoms with Crippen LogP contribution in [0.3, 0.4) is 0 Å². The third-order valence-electron chi connectivity index (χ3n) is 2.17. The summed E-state index contributed by atoms with van der Waals surface area (Å²) in [6.45, 7) is 0. The number of ether oxygens (including phenoxy) is 1. The van der Waals surface area contributed by atoms with Crippen LogP contribution in [-0.2, 0) is 9.53 Å². The summed E-state index contributed by atoms with van der Waals surface area (Å²) in [5.41, 5.74) is 0. The van der Waals surface area contributed by atoms with Crippen LogP contribution in [0.1, 0.15) is 19.3 Å². The van der Waals surface area contributed by atoms with Crippen molar-refractivity contribution in [2.75, 3.05) is 7.11 Å². The first-order valence-corrected chi connectivity index (χ1v) is 4.32. The highest BCUT2D eigenvalue weighted by Crippen LogP contribution is 2.28. The number of aldehydes is 1. The van der Waals surface area contributed by atoms with Crippen molar-refractivity contribution in [2.24, 2.45) is 5.92 Å². The van der Waals surface area contributed by atoms with E-state index in [-0.39, 0.29) is 17.4 Å². The number of hydrogen-bond acceptors (Lipinski definition) is 2. The molecule has 0 aromatic heterocycles. The van der Waals surface area contributed by atoms with E-state index in [9.17, 15) is 4.79 Å². The van der Waals surface area contributed by atoms with Crippen molar-refractivity contribution >= 4 is 17.9 Å². The van der Waals surface area contributed by atoms with Gasteiger partial charge in [0.15, 0.2) is 0 Å². The standard InChI is InChI=1S/C8H13ClO2/c1-11-8-3-6(5-10)2-7(9)4-8/h5-8H,2-4H2,1H3. The molecule has 0 radical (unpaired) electrons. The lowest BCUT2D eigenvalue weighted by atomic mass is 9.88. The van der Waals surface area contributed by atoms with Gasteiger partial charge in [-0.3, -0.25) is 0 Å². The van der Waals surface area contributed by atoms with Crippen LogP contribution in [-0.4, -0.2) is 24.9 Å². The van der Waals surface area contributed by atoms with Crippen LogP contribution in [0.25, 0.3) is 0 Å². The number of rotatable bonds is 2. The van der Waals surface area contributed by atoms with E-state index in [0.29, 0.717) is 0 Å². The number of halogens is 1. The Balaban J connectivity index is 2.43. The molecule has 0 bridgehead atoms. The van der Waals surface area contributed by atoms with Crippen molar-refractivity contribution in [1.29, 1.82) is 0 Å². The lowest BCUT2D eigenvalue weighted by Gasteiger charge is -2.28. The topological polar surface area (TPSA) is 26.3 Å². The van der Waals surface area contributed by atoms with Crippen LogP contribution < -0.4 is 0 Å². The SMILES string of the molecule is COC1CC(Cl)CC(C=O)C1. The quantitative estimate of drug-likeness (QED) is 0.472. The van der Waals surface area contributed by atoms with Gasteiger partial charge in [0.2, 0.25) is 0 Å². The van der Waals surface area contributed by atoms with Gasteiger partial charge in [-0.25, -0.2) is 0 Å². The first-order valence-electron chi connectivity index (χ1n) is 3.88. The Kier molecular flexibility index (Phi) is 3.34. The van der Waals surface area contributed by atoms with Gasteiger partial charge in [-0.1, -0.05) is 0 Å². The Morgan fingerprint density at radius 2 is 2.18 bits per heavy atom. The van der Waals surface area contributed by atoms with E-state index in [1.165, 1.54) is 0 Å². The molecule has 0 aliphatic heterocycles. The second-order valence-corrected chi connectivity index (χ2v) is 3.68. The van der Waals surface area contributed by atoms with Crippen LogP contribution in [0.5, 0.6) is 0 Å². The molecule has 0 saturated heterocycles. The highest BCUT2D eigenvalue weighted by molar-refractivity contribution is 6.20. The first-order chi connectivity index (χ1) is 5.26. The molecule has 0 heterocycles. The fourth-order valence-electron chi connectivity index (χ4n) is 1.54. The fourth-order valence-corrected chi connectivity index (χ4v) is 1.97. The van der Waals surface area contributed by atoms with E-state index in [2.05, 4.69) is 0 Å². The zero-order valence-electron chi connectivity index (χ0n) is 6.63. The normalized spacial score (nSPS) is 38.5. The van der Waals surface area contributed by atoms with Gasteiger partial charge < -0.3 is 9.53 Å². The maximum absolute atomic E-state index is 10.5. The van der Waals surface area contributed by atoms with E-state index < -0.39 is 0 Å². The summed E-state index contributed by atoms with van der Waals surface area (Å²) < 4.78 is 5.15. The molecule has 3 unspecified atom stereocenters. The Hall–Kier alpha value is -0.0800. The van der Waals surface area contributed by atoms with Crippen LogP contribution in [0.15, 0.2) is 0 Å². The van der Waals surface area contributed by atoms with Gasteiger partial charge in [-0.15, -0.1) is 11.6 Å². The molecule has 2 nitrogen and oxygen atoms in total. The smallest absolute Gasteiger partial charge is 0.123 e. The van der Waals surface area contributed by atoms with E-state index in [1.54, 1.807) is 7.11 Å². The number of carbonyl (C=O) groups is 1. The second kappa shape index (κ2) is 4.07. The Morgan fingerprint density at radius 3 is 2.73 bits per heavy atom. The summed E-state index contributed by atoms with van der Waals surface area (Å²) >= 11 is 5.92. The molecule has 0 spiro atoms. The zero-order chi connectivity index (χ0) is 8.27. The molecule has 3 atom stereocenters. The molecule has 1 fully saturated rings. The Morgan fingerprint density at radius 1 is 1.45 bits per heavy atom. The molecule has 64 valence electrons. The predicted octanol–water partition coefficient (Wildman–Crippen LogP) is 1.61. The molecule has 1 rings (SSSR count). The molecule has 1 aliphatic carbocycles. The molecule has 0 amide bonds. The summed E-state index contributed by atoms with van der Waals surface area (Å²) in [4.78, 5) is 10.5. The molecular weight excluding hydrogens is 164 g/mol. The average Bonchev–Trinajstić information content (AvgIpc) is 2.03. The summed E-state index contributed by atoms with van der Waals surface area (Å²) in [6.07, 6.45) is 3.69. The third-order valence-corrected chi connectivity index (χ3v) is 2.52. The number of methoxy groups -OCH3 is 1. The van der Waals surface area contributed by atoms with Gasteiger partial charge in [0, 0.05) is 18.4 Å². The van der Waals surface area contributed by atoms with Crippen molar-refractivity contribution in [3.63, 3.8) is 0 Å². The van der Waals surface area contributed by atoms with Gasteiger partial charge >= 0.3 is 0 Å². The summed E-state index contributed by atoms with van der Waals surface area (Å²) in [5.74, 6) is 0.108. The van der Waals surface area contributed by atoms with E-state index in [4.69, 9.17) is 16.3 Å². The zero-order valence-corrected chi connectivity index (χ0v) is 7.38. The highest BCUT2D eigenvalue weighted by Gasteiger charge is 2.26. The predicted molar refractivity (Wildman–Crippen MR) is 43.8 cm³/mol. The number of alkyl halides is 1. The lowest BCUT2D eigenvalue weighted by molar-refractivity contribution is -0.113. The molecule has 1 aliphatic rings. The summed E-state index contributed by atoms with van der Waals surface area (Å²) in [5, 5.41) is 0.115. The molecule has 0 aromatic rings. The van der Waals surface area contributed by atoms with E-state index in [1.807, 2.05) is 0 Å². The molecule has 0 aromatic carbocycles. The van der Waals surface area contributed by atoms with E-state index >= 15 is 0 Å². The Bertz CT molecular complexity index is 138. The average molecular weight is 177 g/mol. The molecule has 11 heavy (non-hydrogen) atoms. The largest absolute Gasteiger partial charge is 0.381 e. The number of hydrogen-bond donors (Lipinski definition) is 0. The maximum Gasteiger partial charge on any atom is 0.123 e. The lowest BCUT2D eigenvalue weighted by Crippen LogP contribution is -2.28. The van der Waals surface area contributed by atoms with Gasteiger partial charge in [0.25, 0.3) is 0 Å². The fraction of sp³-hybridized carbons (Fsp3) is 0.875. The van der Waals surface area contributed by atoms with Crippen LogP contribution in [0, 0.1) is 5.92 Å². The van der Waals surface area contributed by atoms with Crippen molar-refractivity contribution in [3.8, 4) is 0 Å². The second-order valence-electron chi connectivity index (χ2n) is 3.06. The highest BCUT2D eigenvalue weighted by atomic mass is 35.5. The molecular formula is C8H13ClO2. The van der Waals surface area contributed by atoms with E-state index in [0.717, 1.165) is 25.5 Å². The summed E-state index contributed by atoms with van der Waals surface area (Å²) in [7, 11) is 1.67.